The summed E-state index contributed by atoms with van der Waals surface area (Å²) < 4.78 is 0. The quantitative estimate of drug-likeness (QED) is 0.454. The van der Waals surface area contributed by atoms with Gasteiger partial charge in [-0.05, 0) is 6.07 Å². The van der Waals surface area contributed by atoms with E-state index in [1.807, 2.05) is 0 Å². The van der Waals surface area contributed by atoms with Crippen molar-refractivity contribution < 1.29 is 14.8 Å². The molecule has 8 nitrogen and oxygen atoms in total. The van der Waals surface area contributed by atoms with E-state index in [2.05, 4.69) is 16.2 Å². The third-order valence-electron chi connectivity index (χ3n) is 2.12. The number of carboxylic acid groups (broad SMARTS) is 1. The highest BCUT2D eigenvalue weighted by Crippen LogP contribution is 2.18. The van der Waals surface area contributed by atoms with Gasteiger partial charge in [-0.2, -0.15) is 5.26 Å². The highest BCUT2D eigenvalue weighted by molar-refractivity contribution is 5.77. The first-order chi connectivity index (χ1) is 8.99. The molecule has 1 aromatic heterocycles. The van der Waals surface area contributed by atoms with Crippen LogP contribution in [0.3, 0.4) is 0 Å². The van der Waals surface area contributed by atoms with Gasteiger partial charge in [0.15, 0.2) is 0 Å². The van der Waals surface area contributed by atoms with Gasteiger partial charge >= 0.3 is 11.7 Å². The zero-order chi connectivity index (χ0) is 14.4. The minimum atomic E-state index is -1.18. The van der Waals surface area contributed by atoms with E-state index in [0.717, 1.165) is 6.07 Å². The zero-order valence-corrected chi connectivity index (χ0v) is 9.53. The second-order valence-electron chi connectivity index (χ2n) is 3.38. The van der Waals surface area contributed by atoms with Crippen molar-refractivity contribution in [1.29, 1.82) is 5.26 Å². The summed E-state index contributed by atoms with van der Waals surface area (Å²) in [5.74, 6) is 1.03. The lowest BCUT2D eigenvalue weighted by Gasteiger charge is -2.12. The molecule has 0 aromatic carbocycles. The molecule has 0 bridgehead atoms. The van der Waals surface area contributed by atoms with Gasteiger partial charge in [-0.1, -0.05) is 0 Å². The summed E-state index contributed by atoms with van der Waals surface area (Å²) in [5.41, 5.74) is -0.850. The number of pyridine rings is 1. The number of nitrogens with zero attached hydrogens (tertiary/aromatic N) is 3. The van der Waals surface area contributed by atoms with Crippen LogP contribution in [0, 0.1) is 33.8 Å². The Balaban J connectivity index is 3.04. The zero-order valence-electron chi connectivity index (χ0n) is 9.53. The molecule has 0 radical (unpaired) electrons. The number of carbonyl (C=O) groups is 1. The van der Waals surface area contributed by atoms with Gasteiger partial charge in [-0.15, -0.1) is 12.3 Å². The van der Waals surface area contributed by atoms with Gasteiger partial charge in [0.2, 0.25) is 5.69 Å². The third-order valence-corrected chi connectivity index (χ3v) is 2.12. The van der Waals surface area contributed by atoms with Crippen LogP contribution >= 0.6 is 0 Å². The van der Waals surface area contributed by atoms with Gasteiger partial charge in [0, 0.05) is 12.5 Å². The molecule has 1 rings (SSSR count). The molecule has 0 spiro atoms. The van der Waals surface area contributed by atoms with Crippen molar-refractivity contribution in [2.75, 3.05) is 5.32 Å². The smallest absolute Gasteiger partial charge is 0.327 e. The number of terminal acetylenes is 1. The summed E-state index contributed by atoms with van der Waals surface area (Å²) in [5, 5.41) is 30.7. The number of hydrogen-bond acceptors (Lipinski definition) is 6. The molecule has 19 heavy (non-hydrogen) atoms. The highest BCUT2D eigenvalue weighted by Gasteiger charge is 2.19. The van der Waals surface area contributed by atoms with Crippen LogP contribution in [0.5, 0.6) is 0 Å². The molecule has 0 amide bonds. The fourth-order valence-corrected chi connectivity index (χ4v) is 1.26. The molecular formula is C11H8N4O4. The number of aliphatic carboxylic acids is 1. The maximum Gasteiger partial charge on any atom is 0.327 e. The van der Waals surface area contributed by atoms with Crippen molar-refractivity contribution in [2.24, 2.45) is 0 Å². The number of nitriles is 1. The summed E-state index contributed by atoms with van der Waals surface area (Å²) >= 11 is 0. The van der Waals surface area contributed by atoms with E-state index in [1.165, 1.54) is 6.07 Å². The second-order valence-corrected chi connectivity index (χ2v) is 3.38. The topological polar surface area (TPSA) is 129 Å². The molecule has 0 fully saturated rings. The van der Waals surface area contributed by atoms with Crippen LogP contribution in [0.4, 0.5) is 11.5 Å². The standard InChI is InChI=1S/C11H8N4O4/c1-2-3-7(11(16)17)13-10-5-4-9(15(18)19)8(6-12)14-10/h1,4-5,7H,3H2,(H,13,14)(H,16,17). The summed E-state index contributed by atoms with van der Waals surface area (Å²) in [6.45, 7) is 0. The molecule has 0 aliphatic carbocycles. The number of nitrogens with one attached hydrogen (secondary N) is 1. The van der Waals surface area contributed by atoms with Crippen LogP contribution in [0.2, 0.25) is 0 Å². The molecule has 0 aliphatic rings. The second kappa shape index (κ2) is 5.98. The number of nitro groups is 1. The molecule has 96 valence electrons. The lowest BCUT2D eigenvalue weighted by molar-refractivity contribution is -0.385. The highest BCUT2D eigenvalue weighted by atomic mass is 16.6. The average Bonchev–Trinajstić information content (AvgIpc) is 2.37. The van der Waals surface area contributed by atoms with Gasteiger partial charge in [-0.3, -0.25) is 10.1 Å². The number of aromatic nitrogens is 1. The lowest BCUT2D eigenvalue weighted by Crippen LogP contribution is -2.29. The van der Waals surface area contributed by atoms with Gasteiger partial charge in [-0.25, -0.2) is 9.78 Å². The molecule has 0 aliphatic heterocycles. The number of rotatable bonds is 5. The Kier molecular flexibility index (Phi) is 4.39. The predicted molar refractivity (Wildman–Crippen MR) is 64.1 cm³/mol. The van der Waals surface area contributed by atoms with E-state index in [4.69, 9.17) is 16.8 Å². The van der Waals surface area contributed by atoms with Crippen LogP contribution in [0.25, 0.3) is 0 Å². The van der Waals surface area contributed by atoms with Crippen molar-refractivity contribution in [3.8, 4) is 18.4 Å². The minimum absolute atomic E-state index is 0.0322. The Bertz CT molecular complexity index is 600. The van der Waals surface area contributed by atoms with Crippen molar-refractivity contribution in [1.82, 2.24) is 4.98 Å². The van der Waals surface area contributed by atoms with Gasteiger partial charge < -0.3 is 10.4 Å². The van der Waals surface area contributed by atoms with Crippen LogP contribution in [0.15, 0.2) is 12.1 Å². The monoisotopic (exact) mass is 260 g/mol. The van der Waals surface area contributed by atoms with Crippen molar-refractivity contribution in [3.05, 3.63) is 27.9 Å². The van der Waals surface area contributed by atoms with Crippen molar-refractivity contribution >= 4 is 17.5 Å². The normalized spacial score (nSPS) is 10.8. The molecule has 0 saturated carbocycles. The van der Waals surface area contributed by atoms with Gasteiger partial charge in [0.25, 0.3) is 0 Å². The van der Waals surface area contributed by atoms with Crippen molar-refractivity contribution in [3.63, 3.8) is 0 Å². The predicted octanol–water partition coefficient (Wildman–Crippen LogP) is 0.750. The van der Waals surface area contributed by atoms with Gasteiger partial charge in [0.05, 0.1) is 4.92 Å². The molecule has 1 unspecified atom stereocenters. The van der Waals surface area contributed by atoms with Crippen molar-refractivity contribution in [2.45, 2.75) is 12.5 Å². The summed E-state index contributed by atoms with van der Waals surface area (Å²) in [6.07, 6.45) is 4.94. The average molecular weight is 260 g/mol. The van der Waals surface area contributed by atoms with Crippen LogP contribution < -0.4 is 5.32 Å². The molecule has 8 heteroatoms. The number of anilines is 1. The largest absolute Gasteiger partial charge is 0.480 e. The summed E-state index contributed by atoms with van der Waals surface area (Å²) in [4.78, 5) is 24.4. The molecule has 1 aromatic rings. The molecule has 1 heterocycles. The van der Waals surface area contributed by atoms with Crippen LogP contribution in [0.1, 0.15) is 12.1 Å². The van der Waals surface area contributed by atoms with E-state index in [0.29, 0.717) is 0 Å². The fraction of sp³-hybridized carbons (Fsp3) is 0.182. The summed E-state index contributed by atoms with van der Waals surface area (Å²) in [6, 6.07) is 2.78. The van der Waals surface area contributed by atoms with E-state index in [-0.39, 0.29) is 12.2 Å². The fourth-order valence-electron chi connectivity index (χ4n) is 1.26. The maximum atomic E-state index is 10.9. The molecule has 0 saturated heterocycles. The number of hydrogen-bond donors (Lipinski definition) is 2. The molecule has 1 atom stereocenters. The third kappa shape index (κ3) is 3.41. The first-order valence-corrected chi connectivity index (χ1v) is 4.98. The Morgan fingerprint density at radius 2 is 2.37 bits per heavy atom. The Labute approximate surface area is 107 Å². The molecule has 2 N–H and O–H groups in total. The van der Waals surface area contributed by atoms with E-state index >= 15 is 0 Å². The maximum absolute atomic E-state index is 10.9. The Morgan fingerprint density at radius 1 is 1.68 bits per heavy atom. The summed E-state index contributed by atoms with van der Waals surface area (Å²) in [7, 11) is 0. The van der Waals surface area contributed by atoms with Crippen LogP contribution in [-0.2, 0) is 4.79 Å². The van der Waals surface area contributed by atoms with E-state index in [9.17, 15) is 14.9 Å². The van der Waals surface area contributed by atoms with Gasteiger partial charge in [0.1, 0.15) is 17.9 Å². The van der Waals surface area contributed by atoms with Crippen LogP contribution in [-0.4, -0.2) is 27.0 Å². The van der Waals surface area contributed by atoms with E-state index in [1.54, 1.807) is 6.07 Å². The number of carboxylic acids is 1. The molecular weight excluding hydrogens is 252 g/mol. The first-order valence-electron chi connectivity index (χ1n) is 4.98. The SMILES string of the molecule is C#CCC(Nc1ccc([N+](=O)[O-])c(C#N)n1)C(=O)O. The Morgan fingerprint density at radius 3 is 2.84 bits per heavy atom. The van der Waals surface area contributed by atoms with E-state index < -0.39 is 28.3 Å². The Hall–Kier alpha value is -3.13. The lowest BCUT2D eigenvalue weighted by atomic mass is 10.2. The minimum Gasteiger partial charge on any atom is -0.480 e. The first kappa shape index (κ1) is 13.9.